The van der Waals surface area contributed by atoms with Crippen LogP contribution in [0.4, 0.5) is 0 Å². The molecule has 5 heteroatoms. The summed E-state index contributed by atoms with van der Waals surface area (Å²) >= 11 is 2.63. The van der Waals surface area contributed by atoms with Crippen LogP contribution in [0.1, 0.15) is 0 Å². The summed E-state index contributed by atoms with van der Waals surface area (Å²) in [6.07, 6.45) is 0. The number of rotatable bonds is 6. The summed E-state index contributed by atoms with van der Waals surface area (Å²) in [5.41, 5.74) is 0. The zero-order valence-corrected chi connectivity index (χ0v) is 10.7. The van der Waals surface area contributed by atoms with E-state index in [2.05, 4.69) is 0 Å². The molecule has 0 aromatic heterocycles. The molecule has 86 valence electrons. The molecule has 0 saturated heterocycles. The lowest BCUT2D eigenvalue weighted by Gasteiger charge is -2.02. The van der Waals surface area contributed by atoms with E-state index in [4.69, 9.17) is 8.20 Å². The van der Waals surface area contributed by atoms with Gasteiger partial charge in [-0.15, -0.1) is 0 Å². The molecule has 0 spiro atoms. The smallest absolute Gasteiger partial charge is 0.341 e. The second kappa shape index (κ2) is 7.45. The van der Waals surface area contributed by atoms with Crippen LogP contribution in [0.5, 0.6) is 0 Å². The van der Waals surface area contributed by atoms with Crippen LogP contribution in [-0.4, -0.2) is 7.69 Å². The molecule has 0 aliphatic heterocycles. The maximum Gasteiger partial charge on any atom is 0.461 e. The molecule has 0 aliphatic rings. The first-order valence-electron chi connectivity index (χ1n) is 5.14. The van der Waals surface area contributed by atoms with Crippen LogP contribution in [-0.2, 0) is 8.20 Å². The molecule has 17 heavy (non-hydrogen) atoms. The SMILES string of the molecule is B(OSc1ccccc1)OSc1ccccc1. The van der Waals surface area contributed by atoms with Crippen molar-refractivity contribution in [2.45, 2.75) is 9.79 Å². The summed E-state index contributed by atoms with van der Waals surface area (Å²) in [6.45, 7) is 0. The molecule has 0 aliphatic carbocycles. The van der Waals surface area contributed by atoms with E-state index in [1.54, 1.807) is 0 Å². The fraction of sp³-hybridized carbons (Fsp3) is 0. The molecule has 2 aromatic rings. The maximum atomic E-state index is 5.32. The van der Waals surface area contributed by atoms with Crippen LogP contribution in [0.3, 0.4) is 0 Å². The monoisotopic (exact) mass is 262 g/mol. The van der Waals surface area contributed by atoms with Crippen molar-refractivity contribution in [1.29, 1.82) is 0 Å². The molecule has 0 amide bonds. The first-order valence-corrected chi connectivity index (χ1v) is 6.62. The normalized spacial score (nSPS) is 10.1. The summed E-state index contributed by atoms with van der Waals surface area (Å²) in [5, 5.41) is 0. The van der Waals surface area contributed by atoms with Gasteiger partial charge in [-0.2, -0.15) is 0 Å². The van der Waals surface area contributed by atoms with E-state index in [9.17, 15) is 0 Å². The number of benzene rings is 2. The van der Waals surface area contributed by atoms with Crippen LogP contribution in [0.15, 0.2) is 70.5 Å². The van der Waals surface area contributed by atoms with Crippen molar-refractivity contribution in [2.24, 2.45) is 0 Å². The van der Waals surface area contributed by atoms with Gasteiger partial charge in [0.15, 0.2) is 0 Å². The molecule has 0 N–H and O–H groups in total. The van der Waals surface area contributed by atoms with Gasteiger partial charge in [0.05, 0.1) is 0 Å². The molecule has 0 saturated carbocycles. The number of hydrogen-bond donors (Lipinski definition) is 0. The van der Waals surface area contributed by atoms with E-state index in [0.717, 1.165) is 9.79 Å². The fourth-order valence-corrected chi connectivity index (χ4v) is 2.22. The minimum Gasteiger partial charge on any atom is -0.341 e. The third-order valence-corrected chi connectivity index (χ3v) is 3.25. The van der Waals surface area contributed by atoms with Crippen LogP contribution in [0, 0.1) is 0 Å². The summed E-state index contributed by atoms with van der Waals surface area (Å²) in [4.78, 5) is 2.14. The Morgan fingerprint density at radius 1 is 0.647 bits per heavy atom. The predicted molar refractivity (Wildman–Crippen MR) is 73.9 cm³/mol. The third-order valence-electron chi connectivity index (χ3n) is 1.89. The molecular formula is C12H11BO2S2. The lowest BCUT2D eigenvalue weighted by Crippen LogP contribution is -1.92. The topological polar surface area (TPSA) is 18.5 Å². The van der Waals surface area contributed by atoms with Crippen molar-refractivity contribution < 1.29 is 8.20 Å². The molecule has 0 atom stereocenters. The van der Waals surface area contributed by atoms with Crippen molar-refractivity contribution >= 4 is 31.8 Å². The predicted octanol–water partition coefficient (Wildman–Crippen LogP) is 3.70. The van der Waals surface area contributed by atoms with Crippen LogP contribution >= 0.6 is 24.1 Å². The van der Waals surface area contributed by atoms with E-state index in [-0.39, 0.29) is 7.69 Å². The first kappa shape index (κ1) is 12.6. The lowest BCUT2D eigenvalue weighted by molar-refractivity contribution is 0.546. The van der Waals surface area contributed by atoms with Crippen molar-refractivity contribution in [3.8, 4) is 0 Å². The van der Waals surface area contributed by atoms with Crippen LogP contribution in [0.25, 0.3) is 0 Å². The highest BCUT2D eigenvalue weighted by Gasteiger charge is 1.98. The van der Waals surface area contributed by atoms with Gasteiger partial charge in [-0.25, -0.2) is 0 Å². The molecule has 0 bridgehead atoms. The average molecular weight is 262 g/mol. The highest BCUT2D eigenvalue weighted by molar-refractivity contribution is 7.96. The molecule has 0 radical (unpaired) electrons. The van der Waals surface area contributed by atoms with Gasteiger partial charge < -0.3 is 8.20 Å². The second-order valence-corrected chi connectivity index (χ2v) is 4.89. The average Bonchev–Trinajstić information content (AvgIpc) is 2.41. The Bertz CT molecular complexity index is 384. The Labute approximate surface area is 110 Å². The third kappa shape index (κ3) is 4.87. The molecule has 0 heterocycles. The van der Waals surface area contributed by atoms with Crippen LogP contribution < -0.4 is 0 Å². The van der Waals surface area contributed by atoms with Gasteiger partial charge in [-0.05, 0) is 24.3 Å². The van der Waals surface area contributed by atoms with Crippen molar-refractivity contribution in [2.75, 3.05) is 0 Å². The van der Waals surface area contributed by atoms with Crippen molar-refractivity contribution in [3.63, 3.8) is 0 Å². The summed E-state index contributed by atoms with van der Waals surface area (Å²) in [5.74, 6) is 0. The number of hydrogen-bond acceptors (Lipinski definition) is 4. The first-order chi connectivity index (χ1) is 8.45. The molecule has 2 aromatic carbocycles. The van der Waals surface area contributed by atoms with Crippen molar-refractivity contribution in [3.05, 3.63) is 60.7 Å². The largest absolute Gasteiger partial charge is 0.461 e. The zero-order valence-electron chi connectivity index (χ0n) is 9.11. The lowest BCUT2D eigenvalue weighted by atomic mass is 10.4. The van der Waals surface area contributed by atoms with Gasteiger partial charge in [-0.1, -0.05) is 36.4 Å². The van der Waals surface area contributed by atoms with Gasteiger partial charge in [-0.3, -0.25) is 0 Å². The maximum absolute atomic E-state index is 5.32. The zero-order chi connectivity index (χ0) is 11.8. The van der Waals surface area contributed by atoms with E-state index in [1.807, 2.05) is 60.7 Å². The molecular weight excluding hydrogens is 251 g/mol. The molecule has 2 rings (SSSR count). The second-order valence-electron chi connectivity index (χ2n) is 3.15. The fourth-order valence-electron chi connectivity index (χ4n) is 1.16. The standard InChI is InChI=1S/C12H11BO2S2/c1-3-7-11(8-4-1)16-14-13-15-17-12-9-5-2-6-10-12/h1-10,13H. The van der Waals surface area contributed by atoms with Gasteiger partial charge in [0.1, 0.15) is 0 Å². The van der Waals surface area contributed by atoms with E-state index in [1.165, 1.54) is 24.1 Å². The Morgan fingerprint density at radius 2 is 1.06 bits per heavy atom. The summed E-state index contributed by atoms with van der Waals surface area (Å²) < 4.78 is 10.6. The van der Waals surface area contributed by atoms with E-state index in [0.29, 0.717) is 0 Å². The molecule has 0 fully saturated rings. The van der Waals surface area contributed by atoms with Gasteiger partial charge in [0, 0.05) is 33.9 Å². The van der Waals surface area contributed by atoms with E-state index < -0.39 is 0 Å². The Balaban J connectivity index is 1.61. The quantitative estimate of drug-likeness (QED) is 0.448. The minimum absolute atomic E-state index is 0.249. The highest BCUT2D eigenvalue weighted by atomic mass is 32.2. The van der Waals surface area contributed by atoms with E-state index >= 15 is 0 Å². The summed E-state index contributed by atoms with van der Waals surface area (Å²) in [6, 6.07) is 19.8. The van der Waals surface area contributed by atoms with Gasteiger partial charge in [0.25, 0.3) is 0 Å². The van der Waals surface area contributed by atoms with Gasteiger partial charge in [0.2, 0.25) is 0 Å². The summed E-state index contributed by atoms with van der Waals surface area (Å²) in [7, 11) is 0.249. The minimum atomic E-state index is 0.249. The molecule has 0 unspecified atom stereocenters. The molecule has 2 nitrogen and oxygen atoms in total. The Hall–Kier alpha value is -0.875. The Kier molecular flexibility index (Phi) is 5.51. The highest BCUT2D eigenvalue weighted by Crippen LogP contribution is 2.20. The van der Waals surface area contributed by atoms with Gasteiger partial charge >= 0.3 is 7.69 Å². The van der Waals surface area contributed by atoms with Crippen molar-refractivity contribution in [1.82, 2.24) is 0 Å². The Morgan fingerprint density at radius 3 is 1.47 bits per heavy atom. The van der Waals surface area contributed by atoms with Crippen LogP contribution in [0.2, 0.25) is 0 Å².